The minimum Gasteiger partial charge on any atom is -0.466 e. The summed E-state index contributed by atoms with van der Waals surface area (Å²) in [5, 5.41) is 0. The molecule has 0 saturated carbocycles. The van der Waals surface area contributed by atoms with Gasteiger partial charge in [-0.15, -0.1) is 0 Å². The molecule has 0 bridgehead atoms. The van der Waals surface area contributed by atoms with E-state index in [9.17, 15) is 4.79 Å². The summed E-state index contributed by atoms with van der Waals surface area (Å²) in [6.45, 7) is 12.8. The van der Waals surface area contributed by atoms with Crippen LogP contribution in [-0.2, 0) is 9.53 Å². The van der Waals surface area contributed by atoms with Crippen LogP contribution in [0, 0.1) is 17.3 Å². The average molecular weight is 276 g/mol. The van der Waals surface area contributed by atoms with Gasteiger partial charge in [0.25, 0.3) is 0 Å². The molecule has 112 valence electrons. The highest BCUT2D eigenvalue weighted by Crippen LogP contribution is 2.41. The highest BCUT2D eigenvalue weighted by Gasteiger charge is 2.36. The Morgan fingerprint density at radius 2 is 1.90 bits per heavy atom. The topological polar surface area (TPSA) is 26.3 Å². The molecule has 2 rings (SSSR count). The molecule has 2 nitrogen and oxygen atoms in total. The maximum absolute atomic E-state index is 11.9. The lowest BCUT2D eigenvalue weighted by Crippen LogP contribution is -2.21. The smallest absolute Gasteiger partial charge is 0.309 e. The Balaban J connectivity index is 0.000000956. The number of esters is 1. The molecule has 0 radical (unpaired) electrons. The molecule has 0 aromatic carbocycles. The zero-order chi connectivity index (χ0) is 15.3. The van der Waals surface area contributed by atoms with Crippen molar-refractivity contribution in [1.29, 1.82) is 0 Å². The van der Waals surface area contributed by atoms with Crippen LogP contribution in [0.4, 0.5) is 0 Å². The van der Waals surface area contributed by atoms with Crippen LogP contribution in [0.25, 0.3) is 0 Å². The number of carbonyl (C=O) groups is 1. The van der Waals surface area contributed by atoms with Crippen molar-refractivity contribution in [2.75, 3.05) is 6.61 Å². The Bertz CT molecular complexity index is 438. The van der Waals surface area contributed by atoms with Gasteiger partial charge in [0.2, 0.25) is 0 Å². The van der Waals surface area contributed by atoms with Crippen LogP contribution in [0.1, 0.15) is 48.0 Å². The summed E-state index contributed by atoms with van der Waals surface area (Å²) < 4.78 is 5.16. The van der Waals surface area contributed by atoms with Crippen LogP contribution >= 0.6 is 0 Å². The van der Waals surface area contributed by atoms with E-state index >= 15 is 0 Å². The Kier molecular flexibility index (Phi) is 5.79. The van der Waals surface area contributed by atoms with Gasteiger partial charge in [-0.25, -0.2) is 0 Å². The normalized spacial score (nSPS) is 26.5. The minimum absolute atomic E-state index is 0.00883. The summed E-state index contributed by atoms with van der Waals surface area (Å²) in [7, 11) is 0. The number of allylic oxidation sites excluding steroid dienone is 6. The van der Waals surface area contributed by atoms with Gasteiger partial charge in [-0.2, -0.15) is 0 Å². The second-order valence-electron chi connectivity index (χ2n) is 5.82. The highest BCUT2D eigenvalue weighted by molar-refractivity contribution is 5.75. The van der Waals surface area contributed by atoms with Crippen molar-refractivity contribution in [1.82, 2.24) is 0 Å². The lowest BCUT2D eigenvalue weighted by atomic mass is 9.89. The molecule has 2 unspecified atom stereocenters. The summed E-state index contributed by atoms with van der Waals surface area (Å²) in [6.07, 6.45) is 9.62. The Hall–Kier alpha value is -1.31. The SMILES string of the molecule is CC.CCOC(=O)C1CC2=C(C=CC(C)(C)C=C2)C1C. The molecule has 0 aromatic heterocycles. The van der Waals surface area contributed by atoms with Gasteiger partial charge in [0.15, 0.2) is 0 Å². The van der Waals surface area contributed by atoms with Crippen molar-refractivity contribution in [3.05, 3.63) is 35.5 Å². The van der Waals surface area contributed by atoms with E-state index in [0.717, 1.165) is 6.42 Å². The number of ether oxygens (including phenoxy) is 1. The molecular formula is C18H28O2. The van der Waals surface area contributed by atoms with Gasteiger partial charge in [-0.05, 0) is 30.4 Å². The fraction of sp³-hybridized carbons (Fsp3) is 0.611. The van der Waals surface area contributed by atoms with E-state index in [1.54, 1.807) is 0 Å². The second-order valence-corrected chi connectivity index (χ2v) is 5.82. The zero-order valence-electron chi connectivity index (χ0n) is 13.7. The Morgan fingerprint density at radius 3 is 2.50 bits per heavy atom. The van der Waals surface area contributed by atoms with Gasteiger partial charge in [0.05, 0.1) is 12.5 Å². The lowest BCUT2D eigenvalue weighted by molar-refractivity contribution is -0.148. The predicted octanol–water partition coefficient (Wildman–Crippen LogP) is 4.68. The van der Waals surface area contributed by atoms with E-state index < -0.39 is 0 Å². The third-order valence-corrected chi connectivity index (χ3v) is 3.90. The van der Waals surface area contributed by atoms with E-state index in [0.29, 0.717) is 6.61 Å². The van der Waals surface area contributed by atoms with E-state index in [1.165, 1.54) is 11.1 Å². The summed E-state index contributed by atoms with van der Waals surface area (Å²) >= 11 is 0. The maximum atomic E-state index is 11.9. The molecule has 0 fully saturated rings. The molecule has 2 aliphatic carbocycles. The molecule has 0 amide bonds. The van der Waals surface area contributed by atoms with Crippen molar-refractivity contribution in [3.8, 4) is 0 Å². The Labute approximate surface area is 123 Å². The molecular weight excluding hydrogens is 248 g/mol. The molecule has 2 atom stereocenters. The zero-order valence-corrected chi connectivity index (χ0v) is 13.7. The summed E-state index contributed by atoms with van der Waals surface area (Å²) in [4.78, 5) is 11.9. The predicted molar refractivity (Wildman–Crippen MR) is 84.3 cm³/mol. The maximum Gasteiger partial charge on any atom is 0.309 e. The van der Waals surface area contributed by atoms with Crippen LogP contribution in [0.2, 0.25) is 0 Å². The number of hydrogen-bond donors (Lipinski definition) is 0. The average Bonchev–Trinajstić information content (AvgIpc) is 2.65. The lowest BCUT2D eigenvalue weighted by Gasteiger charge is -2.17. The standard InChI is InChI=1S/C16H22O2.C2H6/c1-5-18-15(17)14-10-12-6-8-16(3,4)9-7-13(12)11(14)2;1-2/h6-9,11,14H,5,10H2,1-4H3;1-2H3. The number of rotatable bonds is 2. The van der Waals surface area contributed by atoms with Crippen LogP contribution < -0.4 is 0 Å². The van der Waals surface area contributed by atoms with Gasteiger partial charge in [-0.1, -0.05) is 58.9 Å². The monoisotopic (exact) mass is 276 g/mol. The van der Waals surface area contributed by atoms with Crippen molar-refractivity contribution in [3.63, 3.8) is 0 Å². The second kappa shape index (κ2) is 6.92. The van der Waals surface area contributed by atoms with Crippen molar-refractivity contribution in [2.45, 2.75) is 48.0 Å². The molecule has 0 saturated heterocycles. The minimum atomic E-state index is -0.0564. The quantitative estimate of drug-likeness (QED) is 0.684. The molecule has 0 heterocycles. The van der Waals surface area contributed by atoms with Crippen LogP contribution in [0.3, 0.4) is 0 Å². The van der Waals surface area contributed by atoms with Crippen molar-refractivity contribution < 1.29 is 9.53 Å². The first-order chi connectivity index (χ1) is 9.44. The first kappa shape index (κ1) is 16.7. The number of hydrogen-bond acceptors (Lipinski definition) is 2. The van der Waals surface area contributed by atoms with Gasteiger partial charge in [0.1, 0.15) is 0 Å². The fourth-order valence-corrected chi connectivity index (χ4v) is 2.68. The van der Waals surface area contributed by atoms with Gasteiger partial charge < -0.3 is 4.74 Å². The Morgan fingerprint density at radius 1 is 1.30 bits per heavy atom. The largest absolute Gasteiger partial charge is 0.466 e. The third kappa shape index (κ3) is 3.62. The van der Waals surface area contributed by atoms with Crippen LogP contribution in [0.5, 0.6) is 0 Å². The molecule has 2 aliphatic rings. The molecule has 0 spiro atoms. The summed E-state index contributed by atoms with van der Waals surface area (Å²) in [5.74, 6) is 0.193. The van der Waals surface area contributed by atoms with Gasteiger partial charge in [0, 0.05) is 5.41 Å². The van der Waals surface area contributed by atoms with Gasteiger partial charge in [-0.3, -0.25) is 4.79 Å². The third-order valence-electron chi connectivity index (χ3n) is 3.90. The molecule has 2 heteroatoms. The van der Waals surface area contributed by atoms with Crippen molar-refractivity contribution >= 4 is 5.97 Å². The highest BCUT2D eigenvalue weighted by atomic mass is 16.5. The van der Waals surface area contributed by atoms with E-state index in [2.05, 4.69) is 45.1 Å². The first-order valence-corrected chi connectivity index (χ1v) is 7.73. The van der Waals surface area contributed by atoms with E-state index in [1.807, 2.05) is 20.8 Å². The van der Waals surface area contributed by atoms with Crippen LogP contribution in [0.15, 0.2) is 35.5 Å². The van der Waals surface area contributed by atoms with E-state index in [4.69, 9.17) is 4.74 Å². The molecule has 0 aliphatic heterocycles. The first-order valence-electron chi connectivity index (χ1n) is 7.73. The molecule has 0 N–H and O–H groups in total. The molecule has 20 heavy (non-hydrogen) atoms. The van der Waals surface area contributed by atoms with Gasteiger partial charge >= 0.3 is 5.97 Å². The van der Waals surface area contributed by atoms with E-state index in [-0.39, 0.29) is 23.2 Å². The fourth-order valence-electron chi connectivity index (χ4n) is 2.68. The number of carbonyl (C=O) groups excluding carboxylic acids is 1. The summed E-state index contributed by atoms with van der Waals surface area (Å²) in [6, 6.07) is 0. The summed E-state index contributed by atoms with van der Waals surface area (Å²) in [5.41, 5.74) is 2.70. The molecule has 0 aromatic rings. The van der Waals surface area contributed by atoms with Crippen molar-refractivity contribution in [2.24, 2.45) is 17.3 Å². The van der Waals surface area contributed by atoms with Crippen LogP contribution in [-0.4, -0.2) is 12.6 Å².